The maximum atomic E-state index is 14.4. The first kappa shape index (κ1) is 12.4. The van der Waals surface area contributed by atoms with Crippen molar-refractivity contribution in [2.75, 3.05) is 20.3 Å². The van der Waals surface area contributed by atoms with Gasteiger partial charge >= 0.3 is 0 Å². The number of halogens is 2. The fourth-order valence-electron chi connectivity index (χ4n) is 2.06. The van der Waals surface area contributed by atoms with Crippen molar-refractivity contribution in [3.8, 4) is 0 Å². The van der Waals surface area contributed by atoms with Crippen molar-refractivity contribution in [1.29, 1.82) is 0 Å². The van der Waals surface area contributed by atoms with E-state index in [1.54, 1.807) is 5.32 Å². The van der Waals surface area contributed by atoms with Gasteiger partial charge in [-0.05, 0) is 11.6 Å². The molecule has 0 spiro atoms. The zero-order valence-electron chi connectivity index (χ0n) is 8.67. The Labute approximate surface area is 95.2 Å². The van der Waals surface area contributed by atoms with E-state index >= 15 is 0 Å². The molecule has 0 aromatic heterocycles. The van der Waals surface area contributed by atoms with Crippen molar-refractivity contribution < 1.29 is 26.9 Å². The predicted octanol–water partition coefficient (Wildman–Crippen LogP) is -2.42. The molecule has 1 aromatic carbocycles. The largest absolute Gasteiger partial charge is 1.00 e. The first-order valence-corrected chi connectivity index (χ1v) is 4.87. The molecule has 4 heteroatoms. The van der Waals surface area contributed by atoms with Gasteiger partial charge in [0.25, 0.3) is 5.79 Å². The Balaban J connectivity index is 0.00000112. The number of hydrogen-bond donors (Lipinski definition) is 1. The second-order valence-electron chi connectivity index (χ2n) is 3.70. The maximum Gasteiger partial charge on any atom is 0.288 e. The summed E-state index contributed by atoms with van der Waals surface area (Å²) in [6.07, 6.45) is 0.936. The average molecular weight is 232 g/mol. The Bertz CT molecular complexity index is 334. The smallest absolute Gasteiger partial charge is 0.288 e. The van der Waals surface area contributed by atoms with E-state index in [1.165, 1.54) is 7.11 Å². The molecule has 2 N–H and O–H groups in total. The SMILES string of the molecule is COCC1(F)[NH2+]CCc2ccccc21.[Cl-]. The van der Waals surface area contributed by atoms with Crippen LogP contribution in [0.3, 0.4) is 0 Å². The number of methoxy groups -OCH3 is 1. The molecule has 84 valence electrons. The molecular formula is C11H15ClFNO. The minimum atomic E-state index is -1.39. The first-order valence-electron chi connectivity index (χ1n) is 4.87. The van der Waals surface area contributed by atoms with Gasteiger partial charge in [-0.2, -0.15) is 4.39 Å². The van der Waals surface area contributed by atoms with E-state index in [4.69, 9.17) is 4.74 Å². The summed E-state index contributed by atoms with van der Waals surface area (Å²) < 4.78 is 19.3. The highest BCUT2D eigenvalue weighted by molar-refractivity contribution is 5.31. The summed E-state index contributed by atoms with van der Waals surface area (Å²) in [5, 5.41) is 1.72. The van der Waals surface area contributed by atoms with Gasteiger partial charge in [0.15, 0.2) is 0 Å². The number of benzene rings is 1. The van der Waals surface area contributed by atoms with Crippen LogP contribution in [0, 0.1) is 0 Å². The fourth-order valence-corrected chi connectivity index (χ4v) is 2.06. The molecule has 0 aliphatic carbocycles. The van der Waals surface area contributed by atoms with Gasteiger partial charge in [-0.15, -0.1) is 0 Å². The van der Waals surface area contributed by atoms with Crippen molar-refractivity contribution in [2.45, 2.75) is 12.2 Å². The van der Waals surface area contributed by atoms with Gasteiger partial charge in [-0.3, -0.25) is 0 Å². The molecule has 2 rings (SSSR count). The number of hydrogen-bond acceptors (Lipinski definition) is 1. The molecule has 1 aliphatic heterocycles. The molecule has 0 bridgehead atoms. The lowest BCUT2D eigenvalue weighted by molar-refractivity contribution is -0.769. The van der Waals surface area contributed by atoms with E-state index in [0.717, 1.165) is 24.1 Å². The quantitative estimate of drug-likeness (QED) is 0.564. The van der Waals surface area contributed by atoms with Crippen LogP contribution in [-0.2, 0) is 17.0 Å². The summed E-state index contributed by atoms with van der Waals surface area (Å²) in [7, 11) is 1.53. The third-order valence-corrected chi connectivity index (χ3v) is 2.70. The van der Waals surface area contributed by atoms with Gasteiger partial charge < -0.3 is 22.5 Å². The molecule has 0 fully saturated rings. The lowest BCUT2D eigenvalue weighted by Crippen LogP contribution is -3.00. The number of quaternary nitrogens is 1. The van der Waals surface area contributed by atoms with E-state index in [1.807, 2.05) is 24.3 Å². The molecule has 15 heavy (non-hydrogen) atoms. The Kier molecular flexibility index (Phi) is 4.08. The second kappa shape index (κ2) is 4.92. The molecule has 1 atom stereocenters. The number of alkyl halides is 1. The number of fused-ring (bicyclic) bond motifs is 1. The third kappa shape index (κ3) is 2.30. The minimum absolute atomic E-state index is 0. The van der Waals surface area contributed by atoms with E-state index in [2.05, 4.69) is 0 Å². The van der Waals surface area contributed by atoms with Crippen LogP contribution >= 0.6 is 0 Å². The molecule has 0 radical (unpaired) electrons. The van der Waals surface area contributed by atoms with Crippen molar-refractivity contribution in [1.82, 2.24) is 0 Å². The zero-order valence-corrected chi connectivity index (χ0v) is 9.43. The molecule has 0 saturated carbocycles. The van der Waals surface area contributed by atoms with Crippen LogP contribution in [0.25, 0.3) is 0 Å². The van der Waals surface area contributed by atoms with Gasteiger partial charge in [-0.1, -0.05) is 18.2 Å². The highest BCUT2D eigenvalue weighted by atomic mass is 35.5. The third-order valence-electron chi connectivity index (χ3n) is 2.70. The van der Waals surface area contributed by atoms with Gasteiger partial charge in [0.1, 0.15) is 6.61 Å². The lowest BCUT2D eigenvalue weighted by atomic mass is 9.93. The van der Waals surface area contributed by atoms with E-state index < -0.39 is 5.79 Å². The first-order chi connectivity index (χ1) is 6.76. The minimum Gasteiger partial charge on any atom is -1.00 e. The molecule has 0 saturated heterocycles. The van der Waals surface area contributed by atoms with Crippen LogP contribution in [-0.4, -0.2) is 20.3 Å². The van der Waals surface area contributed by atoms with E-state index in [-0.39, 0.29) is 19.0 Å². The molecule has 1 heterocycles. The predicted molar refractivity (Wildman–Crippen MR) is 51.6 cm³/mol. The second-order valence-corrected chi connectivity index (χ2v) is 3.70. The van der Waals surface area contributed by atoms with E-state index in [9.17, 15) is 4.39 Å². The molecule has 1 aromatic rings. The number of nitrogens with two attached hydrogens (primary N) is 1. The summed E-state index contributed by atoms with van der Waals surface area (Å²) >= 11 is 0. The van der Waals surface area contributed by atoms with Gasteiger partial charge in [0.2, 0.25) is 0 Å². The zero-order chi connectivity index (χ0) is 10.0. The summed E-state index contributed by atoms with van der Waals surface area (Å²) in [5.74, 6) is -1.39. The van der Waals surface area contributed by atoms with Gasteiger partial charge in [0, 0.05) is 13.5 Å². The van der Waals surface area contributed by atoms with Crippen LogP contribution in [0.4, 0.5) is 4.39 Å². The fraction of sp³-hybridized carbons (Fsp3) is 0.455. The van der Waals surface area contributed by atoms with Crippen molar-refractivity contribution >= 4 is 0 Å². The summed E-state index contributed by atoms with van der Waals surface area (Å²) in [5.41, 5.74) is 1.88. The molecule has 0 amide bonds. The average Bonchev–Trinajstić information content (AvgIpc) is 2.19. The Morgan fingerprint density at radius 2 is 2.20 bits per heavy atom. The van der Waals surface area contributed by atoms with Gasteiger partial charge in [-0.25, -0.2) is 0 Å². The van der Waals surface area contributed by atoms with Crippen LogP contribution in [0.2, 0.25) is 0 Å². The summed E-state index contributed by atoms with van der Waals surface area (Å²) in [6, 6.07) is 7.68. The monoisotopic (exact) mass is 231 g/mol. The molecule has 1 aliphatic rings. The summed E-state index contributed by atoms with van der Waals surface area (Å²) in [4.78, 5) is 0. The lowest BCUT2D eigenvalue weighted by Gasteiger charge is -2.28. The standard InChI is InChI=1S/C11H14FNO.ClH/c1-14-8-11(12)10-5-3-2-4-9(10)6-7-13-11;/h2-5,13H,6-8H2,1H3;1H. The van der Waals surface area contributed by atoms with Crippen LogP contribution in [0.15, 0.2) is 24.3 Å². The molecular weight excluding hydrogens is 217 g/mol. The summed E-state index contributed by atoms with van der Waals surface area (Å²) in [6.45, 7) is 0.904. The van der Waals surface area contributed by atoms with Crippen molar-refractivity contribution in [3.05, 3.63) is 35.4 Å². The Morgan fingerprint density at radius 3 is 2.93 bits per heavy atom. The highest BCUT2D eigenvalue weighted by Crippen LogP contribution is 2.25. The highest BCUT2D eigenvalue weighted by Gasteiger charge is 2.40. The van der Waals surface area contributed by atoms with Crippen molar-refractivity contribution in [3.63, 3.8) is 0 Å². The van der Waals surface area contributed by atoms with Crippen LogP contribution in [0.1, 0.15) is 11.1 Å². The topological polar surface area (TPSA) is 25.8 Å². The van der Waals surface area contributed by atoms with Crippen LogP contribution in [0.5, 0.6) is 0 Å². The number of ether oxygens (including phenoxy) is 1. The molecule has 2 nitrogen and oxygen atoms in total. The normalized spacial score (nSPS) is 24.1. The van der Waals surface area contributed by atoms with E-state index in [0.29, 0.717) is 0 Å². The Morgan fingerprint density at radius 1 is 1.47 bits per heavy atom. The van der Waals surface area contributed by atoms with Gasteiger partial charge in [0.05, 0.1) is 12.1 Å². The maximum absolute atomic E-state index is 14.4. The molecule has 1 unspecified atom stereocenters. The number of rotatable bonds is 2. The van der Waals surface area contributed by atoms with Crippen LogP contribution < -0.4 is 17.7 Å². The van der Waals surface area contributed by atoms with Crippen molar-refractivity contribution in [2.24, 2.45) is 0 Å². The Hall–Kier alpha value is -0.640.